The Kier molecular flexibility index (Phi) is 3.96. The zero-order chi connectivity index (χ0) is 13.2. The van der Waals surface area contributed by atoms with Gasteiger partial charge in [0.05, 0.1) is 5.57 Å². The molecular formula is C13H22N2O2. The van der Waals surface area contributed by atoms with Gasteiger partial charge in [-0.2, -0.15) is 0 Å². The quantitative estimate of drug-likeness (QED) is 0.551. The van der Waals surface area contributed by atoms with E-state index in [9.17, 15) is 9.59 Å². The molecule has 4 heteroatoms. The van der Waals surface area contributed by atoms with E-state index in [1.54, 1.807) is 11.1 Å². The molecule has 1 heterocycles. The van der Waals surface area contributed by atoms with Crippen molar-refractivity contribution < 1.29 is 9.59 Å². The number of likely N-dealkylation sites (tertiary alicyclic amines) is 1. The number of carbonyl (C=O) groups excluding carboxylic acids is 2. The average Bonchev–Trinajstić information content (AvgIpc) is 2.23. The number of rotatable bonds is 3. The van der Waals surface area contributed by atoms with E-state index in [1.165, 1.54) is 0 Å². The smallest absolute Gasteiger partial charge is 0.259 e. The molecule has 0 aromatic heterocycles. The van der Waals surface area contributed by atoms with Crippen molar-refractivity contribution in [1.29, 1.82) is 0 Å². The van der Waals surface area contributed by atoms with Gasteiger partial charge in [-0.05, 0) is 20.3 Å². The molecule has 0 aromatic rings. The third kappa shape index (κ3) is 2.87. The Morgan fingerprint density at radius 2 is 1.94 bits per heavy atom. The highest BCUT2D eigenvalue weighted by Crippen LogP contribution is 2.25. The van der Waals surface area contributed by atoms with Gasteiger partial charge in [-0.3, -0.25) is 9.59 Å². The normalized spacial score (nSPS) is 20.1. The van der Waals surface area contributed by atoms with E-state index in [4.69, 9.17) is 0 Å². The van der Waals surface area contributed by atoms with Crippen LogP contribution in [-0.4, -0.2) is 47.7 Å². The third-order valence-electron chi connectivity index (χ3n) is 3.32. The van der Waals surface area contributed by atoms with Crippen molar-refractivity contribution in [2.45, 2.75) is 39.2 Å². The van der Waals surface area contributed by atoms with Crippen LogP contribution in [0.5, 0.6) is 0 Å². The topological polar surface area (TPSA) is 40.6 Å². The van der Waals surface area contributed by atoms with Crippen LogP contribution in [-0.2, 0) is 9.59 Å². The molecule has 0 unspecified atom stereocenters. The third-order valence-corrected chi connectivity index (χ3v) is 3.32. The highest BCUT2D eigenvalue weighted by molar-refractivity contribution is 6.20. The Morgan fingerprint density at radius 3 is 2.41 bits per heavy atom. The van der Waals surface area contributed by atoms with Gasteiger partial charge in [0.15, 0.2) is 5.78 Å². The summed E-state index contributed by atoms with van der Waals surface area (Å²) < 4.78 is 0. The minimum atomic E-state index is -0.191. The van der Waals surface area contributed by atoms with Crippen LogP contribution in [0.2, 0.25) is 0 Å². The average molecular weight is 238 g/mol. The lowest BCUT2D eigenvalue weighted by atomic mass is 9.93. The number of hydrogen-bond donors (Lipinski definition) is 0. The molecule has 0 spiro atoms. The van der Waals surface area contributed by atoms with Crippen molar-refractivity contribution in [2.24, 2.45) is 0 Å². The molecule has 1 fully saturated rings. The van der Waals surface area contributed by atoms with Gasteiger partial charge in [0.1, 0.15) is 0 Å². The summed E-state index contributed by atoms with van der Waals surface area (Å²) in [6.45, 7) is 6.66. The van der Waals surface area contributed by atoms with Gasteiger partial charge in [0.25, 0.3) is 5.91 Å². The van der Waals surface area contributed by atoms with Crippen molar-refractivity contribution in [3.63, 3.8) is 0 Å². The van der Waals surface area contributed by atoms with Gasteiger partial charge < -0.3 is 9.80 Å². The standard InChI is InChI=1S/C13H22N2O2/c1-6-13(2,3)15-8-7-11(16)10(12(15)17)9-14(4)5/h9H,6-8H2,1-5H3/b10-9+. The number of amides is 1. The molecule has 1 aliphatic rings. The minimum absolute atomic E-state index is 0.0492. The van der Waals surface area contributed by atoms with Gasteiger partial charge in [0, 0.05) is 38.8 Å². The van der Waals surface area contributed by atoms with E-state index in [0.29, 0.717) is 18.5 Å². The molecule has 0 aliphatic carbocycles. The molecule has 0 aromatic carbocycles. The van der Waals surface area contributed by atoms with E-state index in [2.05, 4.69) is 6.92 Å². The highest BCUT2D eigenvalue weighted by atomic mass is 16.2. The highest BCUT2D eigenvalue weighted by Gasteiger charge is 2.37. The summed E-state index contributed by atoms with van der Waals surface area (Å²) in [6, 6.07) is 0. The summed E-state index contributed by atoms with van der Waals surface area (Å²) in [5.41, 5.74) is 0.117. The maximum atomic E-state index is 12.3. The Bertz CT molecular complexity index is 356. The first kappa shape index (κ1) is 13.7. The zero-order valence-electron chi connectivity index (χ0n) is 11.4. The van der Waals surface area contributed by atoms with Crippen LogP contribution in [0.3, 0.4) is 0 Å². The van der Waals surface area contributed by atoms with Crippen molar-refractivity contribution in [1.82, 2.24) is 9.80 Å². The maximum absolute atomic E-state index is 12.3. The van der Waals surface area contributed by atoms with E-state index < -0.39 is 0 Å². The lowest BCUT2D eigenvalue weighted by Gasteiger charge is -2.40. The van der Waals surface area contributed by atoms with Crippen molar-refractivity contribution in [3.05, 3.63) is 11.8 Å². The molecule has 1 rings (SSSR count). The van der Waals surface area contributed by atoms with Gasteiger partial charge in [-0.1, -0.05) is 6.92 Å². The Balaban J connectivity index is 3.02. The first-order chi connectivity index (χ1) is 7.79. The van der Waals surface area contributed by atoms with Crippen LogP contribution in [0.4, 0.5) is 0 Å². The number of ketones is 1. The predicted octanol–water partition coefficient (Wildman–Crippen LogP) is 1.42. The van der Waals surface area contributed by atoms with Crippen LogP contribution in [0.1, 0.15) is 33.6 Å². The van der Waals surface area contributed by atoms with Crippen LogP contribution >= 0.6 is 0 Å². The summed E-state index contributed by atoms with van der Waals surface area (Å²) in [5, 5.41) is 0. The Morgan fingerprint density at radius 1 is 1.35 bits per heavy atom. The number of nitrogens with zero attached hydrogens (tertiary/aromatic N) is 2. The summed E-state index contributed by atoms with van der Waals surface area (Å²) in [4.78, 5) is 27.6. The summed E-state index contributed by atoms with van der Waals surface area (Å²) in [5.74, 6) is -0.186. The van der Waals surface area contributed by atoms with E-state index >= 15 is 0 Å². The SMILES string of the molecule is CCC(C)(C)N1CCC(=O)/C(=C\N(C)C)C1=O. The van der Waals surface area contributed by atoms with Gasteiger partial charge in [-0.15, -0.1) is 0 Å². The Hall–Kier alpha value is -1.32. The van der Waals surface area contributed by atoms with Crippen LogP contribution in [0, 0.1) is 0 Å². The fourth-order valence-electron chi connectivity index (χ4n) is 1.87. The number of piperidine rings is 1. The summed E-state index contributed by atoms with van der Waals surface area (Å²) >= 11 is 0. The molecule has 0 bridgehead atoms. The fourth-order valence-corrected chi connectivity index (χ4v) is 1.87. The van der Waals surface area contributed by atoms with Gasteiger partial charge in [-0.25, -0.2) is 0 Å². The molecule has 0 saturated carbocycles. The lowest BCUT2D eigenvalue weighted by molar-refractivity contribution is -0.138. The van der Waals surface area contributed by atoms with E-state index in [-0.39, 0.29) is 17.2 Å². The van der Waals surface area contributed by atoms with Crippen molar-refractivity contribution in [3.8, 4) is 0 Å². The largest absolute Gasteiger partial charge is 0.383 e. The summed E-state index contributed by atoms with van der Waals surface area (Å²) in [7, 11) is 3.63. The first-order valence-corrected chi connectivity index (χ1v) is 6.03. The Labute approximate surface area is 103 Å². The van der Waals surface area contributed by atoms with Gasteiger partial charge >= 0.3 is 0 Å². The number of Topliss-reactive ketones (excluding diaryl/α,β-unsaturated/α-hetero) is 1. The molecule has 1 saturated heterocycles. The lowest BCUT2D eigenvalue weighted by Crippen LogP contribution is -2.52. The predicted molar refractivity (Wildman–Crippen MR) is 67.5 cm³/mol. The van der Waals surface area contributed by atoms with Gasteiger partial charge in [0.2, 0.25) is 0 Å². The molecule has 1 aliphatic heterocycles. The molecule has 0 atom stereocenters. The summed E-state index contributed by atoms with van der Waals surface area (Å²) in [6.07, 6.45) is 2.93. The van der Waals surface area contributed by atoms with Crippen molar-refractivity contribution >= 4 is 11.7 Å². The molecule has 1 amide bonds. The molecule has 17 heavy (non-hydrogen) atoms. The molecular weight excluding hydrogens is 216 g/mol. The van der Waals surface area contributed by atoms with Crippen LogP contribution in [0.15, 0.2) is 11.8 Å². The molecule has 0 radical (unpaired) electrons. The second-order valence-corrected chi connectivity index (χ2v) is 5.30. The second-order valence-electron chi connectivity index (χ2n) is 5.30. The van der Waals surface area contributed by atoms with Crippen LogP contribution < -0.4 is 0 Å². The zero-order valence-corrected chi connectivity index (χ0v) is 11.4. The number of hydrogen-bond acceptors (Lipinski definition) is 3. The maximum Gasteiger partial charge on any atom is 0.259 e. The minimum Gasteiger partial charge on any atom is -0.383 e. The van der Waals surface area contributed by atoms with E-state index in [1.807, 2.05) is 32.8 Å². The number of carbonyl (C=O) groups is 2. The van der Waals surface area contributed by atoms with Crippen LogP contribution in [0.25, 0.3) is 0 Å². The van der Waals surface area contributed by atoms with E-state index in [0.717, 1.165) is 6.42 Å². The molecule has 4 nitrogen and oxygen atoms in total. The fraction of sp³-hybridized carbons (Fsp3) is 0.692. The molecule has 96 valence electrons. The van der Waals surface area contributed by atoms with Crippen molar-refractivity contribution in [2.75, 3.05) is 20.6 Å². The monoisotopic (exact) mass is 238 g/mol. The molecule has 0 N–H and O–H groups in total. The first-order valence-electron chi connectivity index (χ1n) is 6.03. The second kappa shape index (κ2) is 4.90.